The average Bonchev–Trinajstić information content (AvgIpc) is 2.62. The van der Waals surface area contributed by atoms with E-state index >= 15 is 0 Å². The molecule has 0 bridgehead atoms. The van der Waals surface area contributed by atoms with Gasteiger partial charge >= 0.3 is 0 Å². The molecule has 2 rings (SSSR count). The van der Waals surface area contributed by atoms with Crippen molar-refractivity contribution in [2.45, 2.75) is 13.0 Å². The highest BCUT2D eigenvalue weighted by Crippen LogP contribution is 2.25. The van der Waals surface area contributed by atoms with E-state index in [4.69, 9.17) is 17.3 Å². The largest absolute Gasteiger partial charge is 0.507 e. The highest BCUT2D eigenvalue weighted by Gasteiger charge is 2.31. The summed E-state index contributed by atoms with van der Waals surface area (Å²) >= 11 is 5.82. The average molecular weight is 255 g/mol. The SMILES string of the molecule is CC1CN(C(=O)c2cc(Cl)ccc2O)CC1N. The third-order valence-corrected chi connectivity index (χ3v) is 3.38. The van der Waals surface area contributed by atoms with Crippen LogP contribution in [0.1, 0.15) is 17.3 Å². The fourth-order valence-corrected chi connectivity index (χ4v) is 2.18. The number of nitrogens with zero attached hydrogens (tertiary/aromatic N) is 1. The molecule has 17 heavy (non-hydrogen) atoms. The number of amides is 1. The van der Waals surface area contributed by atoms with Crippen molar-refractivity contribution in [3.05, 3.63) is 28.8 Å². The molecule has 0 radical (unpaired) electrons. The second kappa shape index (κ2) is 4.55. The molecule has 2 atom stereocenters. The molecule has 1 heterocycles. The van der Waals surface area contributed by atoms with Crippen LogP contribution in [-0.4, -0.2) is 35.0 Å². The zero-order valence-electron chi connectivity index (χ0n) is 9.56. The molecule has 4 nitrogen and oxygen atoms in total. The monoisotopic (exact) mass is 254 g/mol. The summed E-state index contributed by atoms with van der Waals surface area (Å²) < 4.78 is 0. The maximum absolute atomic E-state index is 12.2. The van der Waals surface area contributed by atoms with Gasteiger partial charge in [-0.2, -0.15) is 0 Å². The smallest absolute Gasteiger partial charge is 0.257 e. The van der Waals surface area contributed by atoms with Gasteiger partial charge in [-0.25, -0.2) is 0 Å². The quantitative estimate of drug-likeness (QED) is 0.798. The van der Waals surface area contributed by atoms with Crippen LogP contribution in [0, 0.1) is 5.92 Å². The van der Waals surface area contributed by atoms with Gasteiger partial charge in [0.1, 0.15) is 5.75 Å². The Morgan fingerprint density at radius 3 is 2.82 bits per heavy atom. The number of hydrogen-bond donors (Lipinski definition) is 2. The first-order chi connectivity index (χ1) is 7.99. The molecule has 1 aromatic rings. The summed E-state index contributed by atoms with van der Waals surface area (Å²) in [6, 6.07) is 4.45. The molecule has 1 aromatic carbocycles. The number of carbonyl (C=O) groups excluding carboxylic acids is 1. The topological polar surface area (TPSA) is 66.6 Å². The highest BCUT2D eigenvalue weighted by molar-refractivity contribution is 6.31. The lowest BCUT2D eigenvalue weighted by molar-refractivity contribution is 0.0784. The second-order valence-electron chi connectivity index (χ2n) is 4.51. The molecule has 0 spiro atoms. The van der Waals surface area contributed by atoms with Gasteiger partial charge in [0.2, 0.25) is 0 Å². The number of hydrogen-bond acceptors (Lipinski definition) is 3. The van der Waals surface area contributed by atoms with Gasteiger partial charge in [-0.15, -0.1) is 0 Å². The Morgan fingerprint density at radius 2 is 2.24 bits per heavy atom. The zero-order chi connectivity index (χ0) is 12.6. The summed E-state index contributed by atoms with van der Waals surface area (Å²) in [5.74, 6) is 0.0117. The lowest BCUT2D eigenvalue weighted by atomic mass is 10.1. The molecule has 1 amide bonds. The minimum absolute atomic E-state index is 0.000257. The second-order valence-corrected chi connectivity index (χ2v) is 4.95. The van der Waals surface area contributed by atoms with Crippen molar-refractivity contribution >= 4 is 17.5 Å². The van der Waals surface area contributed by atoms with E-state index in [1.165, 1.54) is 12.1 Å². The summed E-state index contributed by atoms with van der Waals surface area (Å²) in [5, 5.41) is 10.1. The zero-order valence-corrected chi connectivity index (χ0v) is 10.3. The fraction of sp³-hybridized carbons (Fsp3) is 0.417. The van der Waals surface area contributed by atoms with E-state index in [2.05, 4.69) is 0 Å². The first-order valence-electron chi connectivity index (χ1n) is 5.52. The molecule has 1 saturated heterocycles. The van der Waals surface area contributed by atoms with E-state index in [9.17, 15) is 9.90 Å². The van der Waals surface area contributed by atoms with Gasteiger partial charge < -0.3 is 15.7 Å². The minimum Gasteiger partial charge on any atom is -0.507 e. The van der Waals surface area contributed by atoms with Crippen LogP contribution < -0.4 is 5.73 Å². The number of likely N-dealkylation sites (tertiary alicyclic amines) is 1. The third-order valence-electron chi connectivity index (χ3n) is 3.15. The van der Waals surface area contributed by atoms with Crippen molar-refractivity contribution < 1.29 is 9.90 Å². The van der Waals surface area contributed by atoms with E-state index in [1.54, 1.807) is 11.0 Å². The van der Waals surface area contributed by atoms with E-state index in [-0.39, 0.29) is 29.2 Å². The Kier molecular flexibility index (Phi) is 3.26. The Hall–Kier alpha value is -1.26. The van der Waals surface area contributed by atoms with Crippen LogP contribution in [0.5, 0.6) is 5.75 Å². The van der Waals surface area contributed by atoms with Crippen LogP contribution in [0.3, 0.4) is 0 Å². The van der Waals surface area contributed by atoms with Crippen LogP contribution in [-0.2, 0) is 0 Å². The van der Waals surface area contributed by atoms with Gasteiger partial charge in [0.05, 0.1) is 5.56 Å². The number of benzene rings is 1. The summed E-state index contributed by atoms with van der Waals surface area (Å²) in [7, 11) is 0. The Morgan fingerprint density at radius 1 is 1.53 bits per heavy atom. The van der Waals surface area contributed by atoms with Gasteiger partial charge in [0.15, 0.2) is 0 Å². The van der Waals surface area contributed by atoms with Crippen molar-refractivity contribution in [3.8, 4) is 5.75 Å². The molecule has 5 heteroatoms. The van der Waals surface area contributed by atoms with Crippen molar-refractivity contribution in [1.29, 1.82) is 0 Å². The number of nitrogens with two attached hydrogens (primary N) is 1. The molecule has 2 unspecified atom stereocenters. The first kappa shape index (κ1) is 12.2. The van der Waals surface area contributed by atoms with Crippen LogP contribution in [0.2, 0.25) is 5.02 Å². The molecule has 0 aromatic heterocycles. The Labute approximate surface area is 105 Å². The van der Waals surface area contributed by atoms with Crippen LogP contribution in [0.4, 0.5) is 0 Å². The van der Waals surface area contributed by atoms with E-state index < -0.39 is 0 Å². The van der Waals surface area contributed by atoms with Gasteiger partial charge in [-0.3, -0.25) is 4.79 Å². The third kappa shape index (κ3) is 2.37. The predicted octanol–water partition coefficient (Wildman–Crippen LogP) is 1.46. The van der Waals surface area contributed by atoms with Crippen molar-refractivity contribution in [1.82, 2.24) is 4.90 Å². The molecular weight excluding hydrogens is 240 g/mol. The van der Waals surface area contributed by atoms with Crippen molar-refractivity contribution in [2.24, 2.45) is 11.7 Å². The van der Waals surface area contributed by atoms with Gasteiger partial charge in [0.25, 0.3) is 5.91 Å². The molecule has 3 N–H and O–H groups in total. The first-order valence-corrected chi connectivity index (χ1v) is 5.90. The molecule has 0 aliphatic carbocycles. The molecule has 92 valence electrons. The van der Waals surface area contributed by atoms with Gasteiger partial charge in [0, 0.05) is 24.2 Å². The van der Waals surface area contributed by atoms with Crippen LogP contribution in [0.15, 0.2) is 18.2 Å². The maximum Gasteiger partial charge on any atom is 0.257 e. The molecule has 1 aliphatic rings. The standard InChI is InChI=1S/C12H15ClN2O2/c1-7-5-15(6-10(7)14)12(17)9-4-8(13)2-3-11(9)16/h2-4,7,10,16H,5-6,14H2,1H3. The van der Waals surface area contributed by atoms with E-state index in [0.717, 1.165) is 0 Å². The van der Waals surface area contributed by atoms with Gasteiger partial charge in [-0.1, -0.05) is 18.5 Å². The Bertz CT molecular complexity index is 440. The van der Waals surface area contributed by atoms with Crippen molar-refractivity contribution in [2.75, 3.05) is 13.1 Å². The predicted molar refractivity (Wildman–Crippen MR) is 66.2 cm³/mol. The molecule has 0 saturated carbocycles. The van der Waals surface area contributed by atoms with E-state index in [0.29, 0.717) is 18.1 Å². The summed E-state index contributed by atoms with van der Waals surface area (Å²) in [4.78, 5) is 13.8. The van der Waals surface area contributed by atoms with E-state index in [1.807, 2.05) is 6.92 Å². The van der Waals surface area contributed by atoms with Crippen LogP contribution >= 0.6 is 11.6 Å². The molecular formula is C12H15ClN2O2. The summed E-state index contributed by atoms with van der Waals surface area (Å²) in [5.41, 5.74) is 6.11. The number of phenolic OH excluding ortho intramolecular Hbond substituents is 1. The summed E-state index contributed by atoms with van der Waals surface area (Å²) in [6.07, 6.45) is 0. The van der Waals surface area contributed by atoms with Crippen LogP contribution in [0.25, 0.3) is 0 Å². The molecule has 1 fully saturated rings. The number of aromatic hydroxyl groups is 1. The molecule has 1 aliphatic heterocycles. The lowest BCUT2D eigenvalue weighted by Crippen LogP contribution is -2.32. The minimum atomic E-state index is -0.218. The van der Waals surface area contributed by atoms with Gasteiger partial charge in [-0.05, 0) is 24.1 Å². The highest BCUT2D eigenvalue weighted by atomic mass is 35.5. The number of halogens is 1. The maximum atomic E-state index is 12.2. The van der Waals surface area contributed by atoms with Crippen molar-refractivity contribution in [3.63, 3.8) is 0 Å². The number of phenols is 1. The summed E-state index contributed by atoms with van der Waals surface area (Å²) in [6.45, 7) is 3.15. The fourth-order valence-electron chi connectivity index (χ4n) is 2.01. The normalized spacial score (nSPS) is 24.1. The number of carbonyl (C=O) groups is 1. The Balaban J connectivity index is 2.23. The lowest BCUT2D eigenvalue weighted by Gasteiger charge is -2.16. The number of rotatable bonds is 1.